The summed E-state index contributed by atoms with van der Waals surface area (Å²) in [6.45, 7) is 13.0. The van der Waals surface area contributed by atoms with Crippen LogP contribution in [0.1, 0.15) is 13.8 Å². The number of likely N-dealkylation sites (N-methyl/N-ethyl adjacent to an activating group) is 2. The average Bonchev–Trinajstić information content (AvgIpc) is 2.73. The molecule has 0 radical (unpaired) electrons. The van der Waals surface area contributed by atoms with E-state index in [-0.39, 0.29) is 23.9 Å². The van der Waals surface area contributed by atoms with Gasteiger partial charge < -0.3 is 9.47 Å². The highest BCUT2D eigenvalue weighted by Gasteiger charge is 2.43. The SMILES string of the molecule is CC(C(=O)[N+]1(C)CCOCC1)N1CCN(C(C)C(=O)[N+]2(C)CCOCC2)CC1. The number of amides is 2. The van der Waals surface area contributed by atoms with E-state index in [1.807, 2.05) is 27.9 Å². The van der Waals surface area contributed by atoms with Crippen molar-refractivity contribution in [2.75, 3.05) is 92.9 Å². The molecule has 8 heteroatoms. The molecule has 3 rings (SSSR count). The Morgan fingerprint density at radius 1 is 0.679 bits per heavy atom. The molecule has 28 heavy (non-hydrogen) atoms. The van der Waals surface area contributed by atoms with E-state index in [1.54, 1.807) is 0 Å². The molecule has 3 heterocycles. The fraction of sp³-hybridized carbons (Fsp3) is 0.900. The normalized spacial score (nSPS) is 28.4. The standard InChI is InChI=1S/C20H38N4O4/c1-17(19(25)23(3)9-13-27-14-10-23)21-5-7-22(8-6-21)18(2)20(26)24(4)11-15-28-16-12-24/h17-18H,5-16H2,1-4H3/q+2. The van der Waals surface area contributed by atoms with E-state index in [2.05, 4.69) is 9.80 Å². The van der Waals surface area contributed by atoms with Crippen molar-refractivity contribution in [1.29, 1.82) is 0 Å². The second-order valence-corrected chi connectivity index (χ2v) is 9.01. The predicted octanol–water partition coefficient (Wildman–Crippen LogP) is -0.612. The minimum atomic E-state index is -0.0972. The lowest BCUT2D eigenvalue weighted by atomic mass is 10.1. The van der Waals surface area contributed by atoms with E-state index >= 15 is 0 Å². The molecule has 0 spiro atoms. The van der Waals surface area contributed by atoms with Gasteiger partial charge in [0.25, 0.3) is 0 Å². The van der Waals surface area contributed by atoms with Gasteiger partial charge in [-0.05, 0) is 13.8 Å². The first kappa shape index (κ1) is 21.8. The lowest BCUT2D eigenvalue weighted by molar-refractivity contribution is -0.844. The summed E-state index contributed by atoms with van der Waals surface area (Å²) in [6.07, 6.45) is 0. The lowest BCUT2D eigenvalue weighted by Crippen LogP contribution is -2.65. The smallest absolute Gasteiger partial charge is 0.330 e. The Balaban J connectivity index is 1.53. The van der Waals surface area contributed by atoms with E-state index in [9.17, 15) is 9.59 Å². The number of morpholine rings is 2. The average molecular weight is 399 g/mol. The molecule has 8 nitrogen and oxygen atoms in total. The minimum Gasteiger partial charge on any atom is -0.370 e. The molecule has 0 aromatic carbocycles. The second kappa shape index (κ2) is 8.85. The van der Waals surface area contributed by atoms with Crippen LogP contribution in [0.5, 0.6) is 0 Å². The highest BCUT2D eigenvalue weighted by atomic mass is 16.5. The molecule has 3 aliphatic rings. The molecule has 0 saturated carbocycles. The maximum atomic E-state index is 13.1. The van der Waals surface area contributed by atoms with Crippen LogP contribution in [0.15, 0.2) is 0 Å². The van der Waals surface area contributed by atoms with Gasteiger partial charge in [0, 0.05) is 26.2 Å². The van der Waals surface area contributed by atoms with Crippen LogP contribution in [0.4, 0.5) is 0 Å². The molecule has 3 saturated heterocycles. The van der Waals surface area contributed by atoms with Crippen LogP contribution in [-0.4, -0.2) is 136 Å². The zero-order valence-electron chi connectivity index (χ0n) is 18.1. The van der Waals surface area contributed by atoms with Crippen LogP contribution >= 0.6 is 0 Å². The predicted molar refractivity (Wildman–Crippen MR) is 106 cm³/mol. The van der Waals surface area contributed by atoms with Crippen molar-refractivity contribution < 1.29 is 28.0 Å². The van der Waals surface area contributed by atoms with Gasteiger partial charge in [0.2, 0.25) is 0 Å². The van der Waals surface area contributed by atoms with Crippen molar-refractivity contribution >= 4 is 11.8 Å². The summed E-state index contributed by atoms with van der Waals surface area (Å²) >= 11 is 0. The summed E-state index contributed by atoms with van der Waals surface area (Å²) in [5.41, 5.74) is 0. The highest BCUT2D eigenvalue weighted by Crippen LogP contribution is 2.19. The highest BCUT2D eigenvalue weighted by molar-refractivity contribution is 5.75. The molecule has 0 aromatic heterocycles. The molecule has 0 N–H and O–H groups in total. The van der Waals surface area contributed by atoms with Gasteiger partial charge >= 0.3 is 11.8 Å². The Hall–Kier alpha value is -0.900. The van der Waals surface area contributed by atoms with Gasteiger partial charge in [0.1, 0.15) is 38.3 Å². The number of carbonyl (C=O) groups excluding carboxylic acids is 2. The first-order chi connectivity index (χ1) is 13.3. The third-order valence-corrected chi connectivity index (χ3v) is 7.14. The molecule has 3 aliphatic heterocycles. The Morgan fingerprint density at radius 3 is 1.25 bits per heavy atom. The summed E-state index contributed by atoms with van der Waals surface area (Å²) in [7, 11) is 4.07. The van der Waals surface area contributed by atoms with Gasteiger partial charge in [0.05, 0.1) is 40.5 Å². The zero-order valence-corrected chi connectivity index (χ0v) is 18.1. The monoisotopic (exact) mass is 398 g/mol. The van der Waals surface area contributed by atoms with Crippen molar-refractivity contribution in [3.8, 4) is 0 Å². The summed E-state index contributed by atoms with van der Waals surface area (Å²) in [6, 6.07) is -0.194. The van der Waals surface area contributed by atoms with Gasteiger partial charge in [-0.25, -0.2) is 9.59 Å². The van der Waals surface area contributed by atoms with E-state index in [4.69, 9.17) is 9.47 Å². The molecule has 0 bridgehead atoms. The number of nitrogens with zero attached hydrogens (tertiary/aromatic N) is 4. The van der Waals surface area contributed by atoms with Crippen LogP contribution in [0.25, 0.3) is 0 Å². The first-order valence-corrected chi connectivity index (χ1v) is 10.7. The Bertz CT molecular complexity index is 515. The third-order valence-electron chi connectivity index (χ3n) is 7.14. The van der Waals surface area contributed by atoms with Crippen LogP contribution in [-0.2, 0) is 19.1 Å². The Morgan fingerprint density at radius 2 is 0.964 bits per heavy atom. The van der Waals surface area contributed by atoms with Crippen LogP contribution in [0.3, 0.4) is 0 Å². The number of hydrogen-bond donors (Lipinski definition) is 0. The van der Waals surface area contributed by atoms with E-state index in [1.165, 1.54) is 0 Å². The lowest BCUT2D eigenvalue weighted by Gasteiger charge is -2.44. The van der Waals surface area contributed by atoms with E-state index in [0.29, 0.717) is 35.4 Å². The van der Waals surface area contributed by atoms with Crippen molar-refractivity contribution in [2.24, 2.45) is 0 Å². The minimum absolute atomic E-state index is 0.0972. The maximum absolute atomic E-state index is 13.1. The quantitative estimate of drug-likeness (QED) is 0.589. The van der Waals surface area contributed by atoms with Crippen LogP contribution in [0.2, 0.25) is 0 Å². The van der Waals surface area contributed by atoms with E-state index < -0.39 is 0 Å². The molecule has 3 fully saturated rings. The molecule has 2 unspecified atom stereocenters. The molecule has 2 atom stereocenters. The second-order valence-electron chi connectivity index (χ2n) is 9.01. The van der Waals surface area contributed by atoms with Gasteiger partial charge in [-0.1, -0.05) is 0 Å². The Kier molecular flexibility index (Phi) is 6.89. The molecular formula is C20H38N4O4+2. The maximum Gasteiger partial charge on any atom is 0.330 e. The number of carbonyl (C=O) groups is 2. The molecule has 0 aliphatic carbocycles. The van der Waals surface area contributed by atoms with Gasteiger partial charge in [0.15, 0.2) is 0 Å². The number of quaternary nitrogens is 2. The summed E-state index contributed by atoms with van der Waals surface area (Å²) in [4.78, 5) is 30.7. The number of ether oxygens (including phenoxy) is 2. The van der Waals surface area contributed by atoms with Gasteiger partial charge in [-0.15, -0.1) is 0 Å². The third kappa shape index (κ3) is 4.47. The van der Waals surface area contributed by atoms with Crippen molar-refractivity contribution in [2.45, 2.75) is 25.9 Å². The molecular weight excluding hydrogens is 360 g/mol. The molecule has 160 valence electrons. The summed E-state index contributed by atoms with van der Waals surface area (Å²) in [5.74, 6) is 0.569. The Labute approximate surface area is 169 Å². The van der Waals surface area contributed by atoms with Crippen LogP contribution < -0.4 is 0 Å². The van der Waals surface area contributed by atoms with Gasteiger partial charge in [-0.2, -0.15) is 0 Å². The first-order valence-electron chi connectivity index (χ1n) is 10.7. The zero-order chi connectivity index (χ0) is 20.4. The number of hydrogen-bond acceptors (Lipinski definition) is 6. The molecule has 2 amide bonds. The molecule has 0 aromatic rings. The topological polar surface area (TPSA) is 59.1 Å². The summed E-state index contributed by atoms with van der Waals surface area (Å²) in [5, 5.41) is 0. The number of piperazine rings is 1. The fourth-order valence-electron chi connectivity index (χ4n) is 4.66. The largest absolute Gasteiger partial charge is 0.370 e. The summed E-state index contributed by atoms with van der Waals surface area (Å²) < 4.78 is 11.8. The van der Waals surface area contributed by atoms with Gasteiger partial charge in [-0.3, -0.25) is 18.8 Å². The van der Waals surface area contributed by atoms with Crippen molar-refractivity contribution in [3.05, 3.63) is 0 Å². The van der Waals surface area contributed by atoms with E-state index in [0.717, 1.165) is 52.4 Å². The van der Waals surface area contributed by atoms with Crippen molar-refractivity contribution in [1.82, 2.24) is 9.80 Å². The van der Waals surface area contributed by atoms with Crippen LogP contribution in [0, 0.1) is 0 Å². The number of rotatable bonds is 4. The van der Waals surface area contributed by atoms with Crippen molar-refractivity contribution in [3.63, 3.8) is 0 Å². The fourth-order valence-corrected chi connectivity index (χ4v) is 4.66.